The van der Waals surface area contributed by atoms with Crippen LogP contribution in [0.3, 0.4) is 0 Å². The van der Waals surface area contributed by atoms with Crippen molar-refractivity contribution in [1.29, 1.82) is 0 Å². The molecule has 0 bridgehead atoms. The Hall–Kier alpha value is -0.200. The summed E-state index contributed by atoms with van der Waals surface area (Å²) in [5.74, 6) is 0. The summed E-state index contributed by atoms with van der Waals surface area (Å²) in [6, 6.07) is 0. The fourth-order valence-corrected chi connectivity index (χ4v) is 1.76. The molecule has 0 aromatic heterocycles. The van der Waals surface area contributed by atoms with E-state index < -0.39 is 0 Å². The van der Waals surface area contributed by atoms with Gasteiger partial charge in [0.1, 0.15) is 0 Å². The first kappa shape index (κ1) is 20.8. The molecule has 0 aliphatic carbocycles. The van der Waals surface area contributed by atoms with E-state index in [2.05, 4.69) is 0 Å². The number of ether oxygens (including phenoxy) is 5. The Morgan fingerprint density at radius 1 is 0.571 bits per heavy atom. The lowest BCUT2D eigenvalue weighted by Gasteiger charge is -2.08. The Bertz CT molecular complexity index is 129. The predicted octanol–water partition coefficient (Wildman–Crippen LogP) is 2.67. The van der Waals surface area contributed by atoms with E-state index in [1.165, 1.54) is 38.5 Å². The fourth-order valence-electron chi connectivity index (χ4n) is 1.76. The normalized spacial score (nSPS) is 18.0. The van der Waals surface area contributed by atoms with Crippen LogP contribution in [-0.2, 0) is 23.7 Å². The Labute approximate surface area is 130 Å². The zero-order chi connectivity index (χ0) is 15.4. The van der Waals surface area contributed by atoms with Crippen LogP contribution in [0.1, 0.15) is 38.5 Å². The highest BCUT2D eigenvalue weighted by Crippen LogP contribution is 2.02. The van der Waals surface area contributed by atoms with Crippen LogP contribution in [0, 0.1) is 0 Å². The van der Waals surface area contributed by atoms with Gasteiger partial charge in [-0.3, -0.25) is 0 Å². The molecule has 0 aromatic carbocycles. The zero-order valence-electron chi connectivity index (χ0n) is 13.9. The Morgan fingerprint density at radius 3 is 1.14 bits per heavy atom. The molecule has 0 radical (unpaired) electrons. The van der Waals surface area contributed by atoms with Crippen molar-refractivity contribution in [3.05, 3.63) is 0 Å². The van der Waals surface area contributed by atoms with Gasteiger partial charge in [-0.1, -0.05) is 0 Å². The number of rotatable bonds is 6. The summed E-state index contributed by atoms with van der Waals surface area (Å²) < 4.78 is 24.7. The minimum atomic E-state index is 0.653. The quantitative estimate of drug-likeness (QED) is 0.706. The van der Waals surface area contributed by atoms with Crippen LogP contribution in [-0.4, -0.2) is 67.1 Å². The van der Waals surface area contributed by atoms with Crippen molar-refractivity contribution in [3.8, 4) is 0 Å². The monoisotopic (exact) mass is 306 g/mol. The number of hydrogen-bond acceptors (Lipinski definition) is 5. The van der Waals surface area contributed by atoms with Crippen molar-refractivity contribution in [3.63, 3.8) is 0 Å². The summed E-state index contributed by atoms with van der Waals surface area (Å²) in [6.45, 7) is 6.62. The van der Waals surface area contributed by atoms with Gasteiger partial charge in [-0.25, -0.2) is 0 Å². The standard InChI is InChI=1S/C6H14O3.2C5H10O/c1-7-3-5-9-6-4-8-2;2*1-2-4-6-5-3-1/h3-6H2,1-2H3;2*1-5H2. The molecular formula is C16H34O5. The summed E-state index contributed by atoms with van der Waals surface area (Å²) in [6.07, 6.45) is 7.86. The van der Waals surface area contributed by atoms with Crippen LogP contribution in [0.15, 0.2) is 0 Å². The average molecular weight is 306 g/mol. The maximum atomic E-state index is 5.07. The van der Waals surface area contributed by atoms with E-state index in [1.54, 1.807) is 14.2 Å². The van der Waals surface area contributed by atoms with Gasteiger partial charge in [0, 0.05) is 40.6 Å². The second kappa shape index (κ2) is 19.8. The molecule has 5 heteroatoms. The summed E-state index contributed by atoms with van der Waals surface area (Å²) in [7, 11) is 3.30. The van der Waals surface area contributed by atoms with E-state index in [0.717, 1.165) is 26.4 Å². The maximum absolute atomic E-state index is 5.07. The third-order valence-corrected chi connectivity index (χ3v) is 3.02. The van der Waals surface area contributed by atoms with Crippen molar-refractivity contribution < 1.29 is 23.7 Å². The molecule has 0 atom stereocenters. The molecule has 2 rings (SSSR count). The highest BCUT2D eigenvalue weighted by Gasteiger charge is 1.95. The Kier molecular flexibility index (Phi) is 19.6. The molecular weight excluding hydrogens is 272 g/mol. The average Bonchev–Trinajstić information content (AvgIpc) is 2.59. The highest BCUT2D eigenvalue weighted by atomic mass is 16.5. The van der Waals surface area contributed by atoms with Gasteiger partial charge in [0.05, 0.1) is 26.4 Å². The predicted molar refractivity (Wildman–Crippen MR) is 83.9 cm³/mol. The minimum absolute atomic E-state index is 0.653. The van der Waals surface area contributed by atoms with Crippen LogP contribution >= 0.6 is 0 Å². The summed E-state index contributed by atoms with van der Waals surface area (Å²) in [4.78, 5) is 0. The lowest BCUT2D eigenvalue weighted by Crippen LogP contribution is -2.06. The van der Waals surface area contributed by atoms with E-state index in [-0.39, 0.29) is 0 Å². The van der Waals surface area contributed by atoms with Gasteiger partial charge in [-0.05, 0) is 38.5 Å². The first-order valence-electron chi connectivity index (χ1n) is 8.13. The van der Waals surface area contributed by atoms with Gasteiger partial charge in [-0.2, -0.15) is 0 Å². The van der Waals surface area contributed by atoms with E-state index in [1.807, 2.05) is 0 Å². The summed E-state index contributed by atoms with van der Waals surface area (Å²) in [5.41, 5.74) is 0. The summed E-state index contributed by atoms with van der Waals surface area (Å²) >= 11 is 0. The fraction of sp³-hybridized carbons (Fsp3) is 1.00. The zero-order valence-corrected chi connectivity index (χ0v) is 13.9. The van der Waals surface area contributed by atoms with Crippen LogP contribution in [0.5, 0.6) is 0 Å². The molecule has 2 aliphatic rings. The maximum Gasteiger partial charge on any atom is 0.0701 e. The van der Waals surface area contributed by atoms with Gasteiger partial charge in [-0.15, -0.1) is 0 Å². The van der Waals surface area contributed by atoms with Crippen molar-refractivity contribution in [2.24, 2.45) is 0 Å². The van der Waals surface area contributed by atoms with Gasteiger partial charge < -0.3 is 23.7 Å². The third-order valence-electron chi connectivity index (χ3n) is 3.02. The van der Waals surface area contributed by atoms with Gasteiger partial charge in [0.25, 0.3) is 0 Å². The Balaban J connectivity index is 0.000000293. The van der Waals surface area contributed by atoms with Gasteiger partial charge in [0.2, 0.25) is 0 Å². The lowest BCUT2D eigenvalue weighted by molar-refractivity contribution is 0.0385. The molecule has 0 saturated carbocycles. The highest BCUT2D eigenvalue weighted by molar-refractivity contribution is 4.45. The molecule has 0 unspecified atom stereocenters. The molecule has 0 N–H and O–H groups in total. The number of hydrogen-bond donors (Lipinski definition) is 0. The first-order valence-corrected chi connectivity index (χ1v) is 8.13. The van der Waals surface area contributed by atoms with E-state index in [4.69, 9.17) is 23.7 Å². The van der Waals surface area contributed by atoms with E-state index in [0.29, 0.717) is 26.4 Å². The largest absolute Gasteiger partial charge is 0.382 e. The SMILES string of the molecule is C1CCOCC1.C1CCOCC1.COCCOCCOC. The molecule has 0 amide bonds. The van der Waals surface area contributed by atoms with Crippen molar-refractivity contribution in [2.75, 3.05) is 67.1 Å². The third kappa shape index (κ3) is 19.8. The topological polar surface area (TPSA) is 46.2 Å². The van der Waals surface area contributed by atoms with Crippen LogP contribution in [0.25, 0.3) is 0 Å². The second-order valence-corrected chi connectivity index (χ2v) is 4.94. The molecule has 2 fully saturated rings. The van der Waals surface area contributed by atoms with Crippen LogP contribution in [0.4, 0.5) is 0 Å². The second-order valence-electron chi connectivity index (χ2n) is 4.94. The molecule has 0 aromatic rings. The smallest absolute Gasteiger partial charge is 0.0701 e. The molecule has 21 heavy (non-hydrogen) atoms. The van der Waals surface area contributed by atoms with Gasteiger partial charge >= 0.3 is 0 Å². The van der Waals surface area contributed by atoms with E-state index in [9.17, 15) is 0 Å². The van der Waals surface area contributed by atoms with E-state index >= 15 is 0 Å². The minimum Gasteiger partial charge on any atom is -0.382 e. The first-order chi connectivity index (χ1) is 10.4. The summed E-state index contributed by atoms with van der Waals surface area (Å²) in [5, 5.41) is 0. The van der Waals surface area contributed by atoms with Crippen LogP contribution < -0.4 is 0 Å². The van der Waals surface area contributed by atoms with Crippen molar-refractivity contribution >= 4 is 0 Å². The molecule has 2 aliphatic heterocycles. The van der Waals surface area contributed by atoms with Gasteiger partial charge in [0.15, 0.2) is 0 Å². The Morgan fingerprint density at radius 2 is 0.952 bits per heavy atom. The lowest BCUT2D eigenvalue weighted by atomic mass is 10.2. The van der Waals surface area contributed by atoms with Crippen molar-refractivity contribution in [2.45, 2.75) is 38.5 Å². The van der Waals surface area contributed by atoms with Crippen LogP contribution in [0.2, 0.25) is 0 Å². The molecule has 128 valence electrons. The molecule has 0 spiro atoms. The molecule has 2 heterocycles. The molecule has 5 nitrogen and oxygen atoms in total. The van der Waals surface area contributed by atoms with Crippen molar-refractivity contribution in [1.82, 2.24) is 0 Å². The number of methoxy groups -OCH3 is 2. The molecule has 2 saturated heterocycles.